The van der Waals surface area contributed by atoms with Gasteiger partial charge >= 0.3 is 0 Å². The van der Waals surface area contributed by atoms with Gasteiger partial charge in [0.15, 0.2) is 0 Å². The van der Waals surface area contributed by atoms with Crippen LogP contribution in [0.15, 0.2) is 65.7 Å². The second-order valence-electron chi connectivity index (χ2n) is 9.43. The monoisotopic (exact) mass is 503 g/mol. The number of thioether (sulfide) groups is 1. The molecule has 35 heavy (non-hydrogen) atoms. The molecule has 5 rings (SSSR count). The highest BCUT2D eigenvalue weighted by Gasteiger charge is 2.38. The van der Waals surface area contributed by atoms with Crippen LogP contribution in [-0.2, 0) is 4.79 Å². The van der Waals surface area contributed by atoms with Crippen LogP contribution in [0.3, 0.4) is 0 Å². The minimum Gasteiger partial charge on any atom is -0.493 e. The summed E-state index contributed by atoms with van der Waals surface area (Å²) in [5.74, 6) is 1.32. The first-order chi connectivity index (χ1) is 17.0. The lowest BCUT2D eigenvalue weighted by Crippen LogP contribution is -2.36. The van der Waals surface area contributed by atoms with Crippen LogP contribution in [0.1, 0.15) is 45.1 Å². The molecule has 0 bridgehead atoms. The van der Waals surface area contributed by atoms with E-state index in [1.807, 2.05) is 76.5 Å². The van der Waals surface area contributed by atoms with Crippen molar-refractivity contribution in [1.82, 2.24) is 14.7 Å². The van der Waals surface area contributed by atoms with Gasteiger partial charge in [0.1, 0.15) is 10.1 Å². The molecule has 1 saturated carbocycles. The molecule has 0 unspecified atom stereocenters. The second kappa shape index (κ2) is 10.4. The number of aromatic nitrogens is 2. The summed E-state index contributed by atoms with van der Waals surface area (Å²) in [6.45, 7) is 4.94. The van der Waals surface area contributed by atoms with E-state index in [-0.39, 0.29) is 11.9 Å². The molecule has 1 aromatic heterocycles. The van der Waals surface area contributed by atoms with Gasteiger partial charge in [-0.15, -0.1) is 0 Å². The van der Waals surface area contributed by atoms with Crippen molar-refractivity contribution >= 4 is 40.3 Å². The largest absolute Gasteiger partial charge is 0.493 e. The Morgan fingerprint density at radius 2 is 1.83 bits per heavy atom. The van der Waals surface area contributed by atoms with Crippen LogP contribution in [0.4, 0.5) is 0 Å². The molecule has 2 heterocycles. The molecule has 3 aromatic rings. The molecule has 7 heteroatoms. The van der Waals surface area contributed by atoms with Crippen molar-refractivity contribution in [3.8, 4) is 22.7 Å². The maximum atomic E-state index is 13.3. The molecule has 1 amide bonds. The van der Waals surface area contributed by atoms with Gasteiger partial charge in [0.25, 0.3) is 5.91 Å². The Bertz CT molecular complexity index is 1240. The van der Waals surface area contributed by atoms with Gasteiger partial charge in [-0.05, 0) is 61.2 Å². The number of benzene rings is 2. The van der Waals surface area contributed by atoms with Gasteiger partial charge in [0.05, 0.1) is 22.9 Å². The van der Waals surface area contributed by atoms with E-state index in [9.17, 15) is 4.79 Å². The van der Waals surface area contributed by atoms with Crippen LogP contribution in [0.2, 0.25) is 0 Å². The first-order valence-electron chi connectivity index (χ1n) is 12.1. The van der Waals surface area contributed by atoms with Gasteiger partial charge in [-0.25, -0.2) is 4.68 Å². The predicted octanol–water partition coefficient (Wildman–Crippen LogP) is 6.72. The number of hydrogen-bond donors (Lipinski definition) is 0. The molecule has 5 nitrogen and oxygen atoms in total. The van der Waals surface area contributed by atoms with Crippen LogP contribution < -0.4 is 4.74 Å². The van der Waals surface area contributed by atoms with E-state index in [1.54, 1.807) is 0 Å². The highest BCUT2D eigenvalue weighted by molar-refractivity contribution is 8.26. The summed E-state index contributed by atoms with van der Waals surface area (Å²) >= 11 is 7.00. The molecule has 0 N–H and O–H groups in total. The van der Waals surface area contributed by atoms with E-state index in [0.29, 0.717) is 21.8 Å². The Labute approximate surface area is 216 Å². The molecular formula is C28H29N3O2S2. The van der Waals surface area contributed by atoms with Gasteiger partial charge in [-0.3, -0.25) is 9.69 Å². The van der Waals surface area contributed by atoms with Crippen molar-refractivity contribution in [2.24, 2.45) is 5.92 Å². The molecule has 1 aliphatic carbocycles. The summed E-state index contributed by atoms with van der Waals surface area (Å²) < 4.78 is 8.38. The number of amides is 1. The lowest BCUT2D eigenvalue weighted by molar-refractivity contribution is -0.123. The molecule has 0 radical (unpaired) electrons. The standard InChI is InChI=1S/C28H29N3O2S2/c1-19(2)18-33-24-14-12-20(13-15-24)26-21(17-30(29-26)22-8-4-3-5-9-22)16-25-27(32)31(28(34)35-25)23-10-6-7-11-23/h3-5,8-9,12-17,19,23H,6-7,10-11,18H2,1-2H3/b25-16-. The van der Waals surface area contributed by atoms with E-state index < -0.39 is 0 Å². The van der Waals surface area contributed by atoms with Crippen LogP contribution in [0.25, 0.3) is 23.0 Å². The van der Waals surface area contributed by atoms with Gasteiger partial charge in [0, 0.05) is 23.4 Å². The first kappa shape index (κ1) is 23.8. The zero-order chi connectivity index (χ0) is 24.4. The molecule has 0 atom stereocenters. The summed E-state index contributed by atoms with van der Waals surface area (Å²) in [5, 5.41) is 4.90. The highest BCUT2D eigenvalue weighted by Crippen LogP contribution is 2.39. The summed E-state index contributed by atoms with van der Waals surface area (Å²) in [6, 6.07) is 18.2. The maximum Gasteiger partial charge on any atom is 0.266 e. The second-order valence-corrected chi connectivity index (χ2v) is 11.1. The normalized spacial score (nSPS) is 17.8. The van der Waals surface area contributed by atoms with E-state index in [1.165, 1.54) is 11.8 Å². The number of ether oxygens (including phenoxy) is 1. The van der Waals surface area contributed by atoms with Gasteiger partial charge in [-0.2, -0.15) is 5.10 Å². The molecule has 1 saturated heterocycles. The summed E-state index contributed by atoms with van der Waals surface area (Å²) in [4.78, 5) is 15.8. The Balaban J connectivity index is 1.50. The number of rotatable bonds is 7. The molecule has 0 spiro atoms. The number of carbonyl (C=O) groups is 1. The van der Waals surface area contributed by atoms with Crippen molar-refractivity contribution in [2.75, 3.05) is 6.61 Å². The molecule has 2 fully saturated rings. The zero-order valence-corrected chi connectivity index (χ0v) is 21.6. The van der Waals surface area contributed by atoms with Gasteiger partial charge < -0.3 is 4.74 Å². The number of para-hydroxylation sites is 1. The van der Waals surface area contributed by atoms with Crippen molar-refractivity contribution in [2.45, 2.75) is 45.6 Å². The van der Waals surface area contributed by atoms with Gasteiger partial charge in [-0.1, -0.05) is 68.9 Å². The molecule has 180 valence electrons. The van der Waals surface area contributed by atoms with Gasteiger partial charge in [0.2, 0.25) is 0 Å². The Hall–Kier alpha value is -2.90. The van der Waals surface area contributed by atoms with Crippen LogP contribution in [-0.4, -0.2) is 37.6 Å². The average Bonchev–Trinajstić information content (AvgIpc) is 3.59. The summed E-state index contributed by atoms with van der Waals surface area (Å²) in [7, 11) is 0. The quantitative estimate of drug-likeness (QED) is 0.265. The zero-order valence-electron chi connectivity index (χ0n) is 20.0. The number of hydrogen-bond acceptors (Lipinski definition) is 5. The van der Waals surface area contributed by atoms with Crippen LogP contribution in [0, 0.1) is 5.92 Å². The molecule has 2 aromatic carbocycles. The molecule has 1 aliphatic heterocycles. The summed E-state index contributed by atoms with van der Waals surface area (Å²) in [6.07, 6.45) is 8.30. The maximum absolute atomic E-state index is 13.3. The fourth-order valence-corrected chi connectivity index (χ4v) is 5.89. The summed E-state index contributed by atoms with van der Waals surface area (Å²) in [5.41, 5.74) is 3.63. The number of thiocarbonyl (C=S) groups is 1. The molecular weight excluding hydrogens is 474 g/mol. The number of nitrogens with zero attached hydrogens (tertiary/aromatic N) is 3. The lowest BCUT2D eigenvalue weighted by atomic mass is 10.1. The van der Waals surface area contributed by atoms with E-state index in [2.05, 4.69) is 13.8 Å². The SMILES string of the molecule is CC(C)COc1ccc(-c2nn(-c3ccccc3)cc2/C=C2\SC(=S)N(C3CCCC3)C2=O)cc1. The van der Waals surface area contributed by atoms with E-state index in [4.69, 9.17) is 22.1 Å². The fourth-order valence-electron chi connectivity index (χ4n) is 4.50. The molecule has 2 aliphatic rings. The minimum atomic E-state index is 0.0164. The van der Waals surface area contributed by atoms with E-state index >= 15 is 0 Å². The third kappa shape index (κ3) is 5.21. The van der Waals surface area contributed by atoms with E-state index in [0.717, 1.165) is 53.9 Å². The predicted molar refractivity (Wildman–Crippen MR) is 147 cm³/mol. The Morgan fingerprint density at radius 1 is 1.11 bits per heavy atom. The Kier molecular flexibility index (Phi) is 7.07. The minimum absolute atomic E-state index is 0.0164. The average molecular weight is 504 g/mol. The highest BCUT2D eigenvalue weighted by atomic mass is 32.2. The van der Waals surface area contributed by atoms with Crippen LogP contribution in [0.5, 0.6) is 5.75 Å². The van der Waals surface area contributed by atoms with Crippen molar-refractivity contribution in [3.63, 3.8) is 0 Å². The fraction of sp³-hybridized carbons (Fsp3) is 0.321. The van der Waals surface area contributed by atoms with Crippen LogP contribution >= 0.6 is 24.0 Å². The lowest BCUT2D eigenvalue weighted by Gasteiger charge is -2.21. The third-order valence-corrected chi connectivity index (χ3v) is 7.60. The number of carbonyl (C=O) groups excluding carboxylic acids is 1. The topological polar surface area (TPSA) is 47.4 Å². The smallest absolute Gasteiger partial charge is 0.266 e. The van der Waals surface area contributed by atoms with Crippen molar-refractivity contribution < 1.29 is 9.53 Å². The first-order valence-corrected chi connectivity index (χ1v) is 13.4. The Morgan fingerprint density at radius 3 is 2.51 bits per heavy atom. The van der Waals surface area contributed by atoms with Crippen molar-refractivity contribution in [1.29, 1.82) is 0 Å². The third-order valence-electron chi connectivity index (χ3n) is 6.27. The van der Waals surface area contributed by atoms with Crippen molar-refractivity contribution in [3.05, 3.63) is 71.3 Å².